The lowest BCUT2D eigenvalue weighted by molar-refractivity contribution is 0.0945. The van der Waals surface area contributed by atoms with Crippen molar-refractivity contribution in [1.82, 2.24) is 15.1 Å². The molecule has 2 aromatic rings. The van der Waals surface area contributed by atoms with Crippen LogP contribution >= 0.6 is 0 Å². The molecule has 0 radical (unpaired) electrons. The maximum atomic E-state index is 12.2. The van der Waals surface area contributed by atoms with Crippen LogP contribution in [0.5, 0.6) is 0 Å². The molecule has 0 unspecified atom stereocenters. The molecule has 1 amide bonds. The maximum Gasteiger partial charge on any atom is 0.272 e. The topological polar surface area (TPSA) is 70.7 Å². The van der Waals surface area contributed by atoms with Gasteiger partial charge >= 0.3 is 0 Å². The third-order valence-corrected chi connectivity index (χ3v) is 3.26. The summed E-state index contributed by atoms with van der Waals surface area (Å²) in [5.41, 5.74) is 2.88. The van der Waals surface area contributed by atoms with Crippen LogP contribution in [0.4, 0.5) is 0 Å². The summed E-state index contributed by atoms with van der Waals surface area (Å²) in [6, 6.07) is 11.1. The number of nitrogens with one attached hydrogen (secondary N) is 1. The van der Waals surface area contributed by atoms with E-state index in [0.717, 1.165) is 17.8 Å². The van der Waals surface area contributed by atoms with Gasteiger partial charge in [-0.25, -0.2) is 0 Å². The van der Waals surface area contributed by atoms with Gasteiger partial charge in [-0.3, -0.25) is 9.48 Å². The lowest BCUT2D eigenvalue weighted by Gasteiger charge is -2.06. The summed E-state index contributed by atoms with van der Waals surface area (Å²) in [5, 5.41) is 16.1. The zero-order valence-electron chi connectivity index (χ0n) is 13.1. The molecule has 0 aliphatic heterocycles. The van der Waals surface area contributed by atoms with E-state index in [0.29, 0.717) is 23.7 Å². The van der Waals surface area contributed by atoms with Gasteiger partial charge in [0.1, 0.15) is 5.69 Å². The van der Waals surface area contributed by atoms with Gasteiger partial charge < -0.3 is 5.32 Å². The second-order valence-electron chi connectivity index (χ2n) is 5.74. The van der Waals surface area contributed by atoms with Crippen LogP contribution in [0.1, 0.15) is 41.2 Å². The quantitative estimate of drug-likeness (QED) is 0.922. The van der Waals surface area contributed by atoms with Crippen molar-refractivity contribution >= 4 is 5.91 Å². The first-order chi connectivity index (χ1) is 10.5. The van der Waals surface area contributed by atoms with E-state index >= 15 is 0 Å². The van der Waals surface area contributed by atoms with Crippen molar-refractivity contribution in [1.29, 1.82) is 5.26 Å². The Morgan fingerprint density at radius 3 is 2.86 bits per heavy atom. The molecule has 2 rings (SSSR count). The van der Waals surface area contributed by atoms with Crippen LogP contribution in [-0.4, -0.2) is 15.7 Å². The van der Waals surface area contributed by atoms with Crippen molar-refractivity contribution in [3.8, 4) is 6.07 Å². The summed E-state index contributed by atoms with van der Waals surface area (Å²) in [5.74, 6) is 0.274. The Kier molecular flexibility index (Phi) is 4.95. The number of carbonyl (C=O) groups is 1. The highest BCUT2D eigenvalue weighted by Crippen LogP contribution is 2.08. The summed E-state index contributed by atoms with van der Waals surface area (Å²) in [6.07, 6.45) is 0. The molecule has 1 aromatic heterocycles. The Morgan fingerprint density at radius 1 is 1.41 bits per heavy atom. The van der Waals surface area contributed by atoms with Crippen molar-refractivity contribution in [2.45, 2.75) is 33.9 Å². The third-order valence-electron chi connectivity index (χ3n) is 3.26. The second-order valence-corrected chi connectivity index (χ2v) is 5.74. The Labute approximate surface area is 130 Å². The number of aromatic nitrogens is 2. The van der Waals surface area contributed by atoms with Crippen LogP contribution in [-0.2, 0) is 13.1 Å². The van der Waals surface area contributed by atoms with Crippen molar-refractivity contribution in [2.75, 3.05) is 0 Å². The highest BCUT2D eigenvalue weighted by Gasteiger charge is 2.12. The van der Waals surface area contributed by atoms with Crippen LogP contribution in [0.15, 0.2) is 30.3 Å². The Bertz CT molecular complexity index is 710. The molecule has 5 nitrogen and oxygen atoms in total. The van der Waals surface area contributed by atoms with Gasteiger partial charge in [0.2, 0.25) is 0 Å². The van der Waals surface area contributed by atoms with Crippen molar-refractivity contribution < 1.29 is 4.79 Å². The Hall–Kier alpha value is -2.61. The highest BCUT2D eigenvalue weighted by atomic mass is 16.1. The molecule has 1 N–H and O–H groups in total. The highest BCUT2D eigenvalue weighted by molar-refractivity contribution is 5.92. The summed E-state index contributed by atoms with van der Waals surface area (Å²) in [7, 11) is 0. The number of carbonyl (C=O) groups excluding carboxylic acids is 1. The first-order valence-corrected chi connectivity index (χ1v) is 7.31. The fourth-order valence-electron chi connectivity index (χ4n) is 2.18. The van der Waals surface area contributed by atoms with E-state index in [1.54, 1.807) is 18.2 Å². The zero-order valence-corrected chi connectivity index (χ0v) is 13.1. The number of nitrogens with zero attached hydrogens (tertiary/aromatic N) is 3. The van der Waals surface area contributed by atoms with Crippen LogP contribution in [0.3, 0.4) is 0 Å². The SMILES string of the molecule is Cc1cc(C(=O)NCc2cccc(C#N)c2)nn1CC(C)C. The smallest absolute Gasteiger partial charge is 0.272 e. The maximum absolute atomic E-state index is 12.2. The van der Waals surface area contributed by atoms with Crippen LogP contribution in [0.2, 0.25) is 0 Å². The van der Waals surface area contributed by atoms with E-state index < -0.39 is 0 Å². The van der Waals surface area contributed by atoms with E-state index in [4.69, 9.17) is 5.26 Å². The number of hydrogen-bond donors (Lipinski definition) is 1. The molecule has 22 heavy (non-hydrogen) atoms. The lowest BCUT2D eigenvalue weighted by Crippen LogP contribution is -2.23. The van der Waals surface area contributed by atoms with E-state index in [-0.39, 0.29) is 5.91 Å². The Morgan fingerprint density at radius 2 is 2.18 bits per heavy atom. The standard InChI is InChI=1S/C17H20N4O/c1-12(2)11-21-13(3)7-16(20-21)17(22)19-10-15-6-4-5-14(8-15)9-18/h4-8,12H,10-11H2,1-3H3,(H,19,22). The summed E-state index contributed by atoms with van der Waals surface area (Å²) in [4.78, 5) is 12.2. The van der Waals surface area contributed by atoms with Crippen molar-refractivity contribution in [2.24, 2.45) is 5.92 Å². The summed E-state index contributed by atoms with van der Waals surface area (Å²) < 4.78 is 1.86. The first-order valence-electron chi connectivity index (χ1n) is 7.31. The predicted molar refractivity (Wildman–Crippen MR) is 84.1 cm³/mol. The van der Waals surface area contributed by atoms with E-state index in [9.17, 15) is 4.79 Å². The van der Waals surface area contributed by atoms with Crippen molar-refractivity contribution in [3.63, 3.8) is 0 Å². The predicted octanol–water partition coefficient (Wildman–Crippen LogP) is 2.65. The van der Waals surface area contributed by atoms with E-state index in [1.165, 1.54) is 0 Å². The largest absolute Gasteiger partial charge is 0.347 e. The molecule has 0 saturated carbocycles. The fraction of sp³-hybridized carbons (Fsp3) is 0.353. The van der Waals surface area contributed by atoms with Gasteiger partial charge in [0.15, 0.2) is 0 Å². The average Bonchev–Trinajstić information content (AvgIpc) is 2.85. The zero-order chi connectivity index (χ0) is 16.1. The molecule has 114 valence electrons. The van der Waals surface area contributed by atoms with Gasteiger partial charge in [0.25, 0.3) is 5.91 Å². The molecule has 0 bridgehead atoms. The molecule has 0 spiro atoms. The van der Waals surface area contributed by atoms with Gasteiger partial charge in [-0.1, -0.05) is 26.0 Å². The van der Waals surface area contributed by atoms with E-state index in [1.807, 2.05) is 23.7 Å². The normalized spacial score (nSPS) is 10.5. The van der Waals surface area contributed by atoms with Gasteiger partial charge in [0.05, 0.1) is 11.6 Å². The average molecular weight is 296 g/mol. The second kappa shape index (κ2) is 6.90. The molecular weight excluding hydrogens is 276 g/mol. The van der Waals surface area contributed by atoms with Gasteiger partial charge in [-0.15, -0.1) is 0 Å². The molecule has 0 fully saturated rings. The first kappa shape index (κ1) is 15.8. The fourth-order valence-corrected chi connectivity index (χ4v) is 2.18. The number of rotatable bonds is 5. The lowest BCUT2D eigenvalue weighted by atomic mass is 10.1. The number of nitriles is 1. The molecular formula is C17H20N4O. The summed E-state index contributed by atoms with van der Waals surface area (Å²) >= 11 is 0. The number of benzene rings is 1. The minimum Gasteiger partial charge on any atom is -0.347 e. The third kappa shape index (κ3) is 3.95. The van der Waals surface area contributed by atoms with Crippen LogP contribution in [0, 0.1) is 24.2 Å². The van der Waals surface area contributed by atoms with Gasteiger partial charge in [0, 0.05) is 18.8 Å². The molecule has 0 saturated heterocycles. The minimum absolute atomic E-state index is 0.201. The molecule has 1 aromatic carbocycles. The number of amides is 1. The molecule has 5 heteroatoms. The molecule has 1 heterocycles. The van der Waals surface area contributed by atoms with Crippen molar-refractivity contribution in [3.05, 3.63) is 52.8 Å². The number of aryl methyl sites for hydroxylation is 1. The Balaban J connectivity index is 2.02. The molecule has 0 aliphatic rings. The van der Waals surface area contributed by atoms with Crippen LogP contribution in [0.25, 0.3) is 0 Å². The number of hydrogen-bond acceptors (Lipinski definition) is 3. The molecule has 0 atom stereocenters. The summed E-state index contributed by atoms with van der Waals surface area (Å²) in [6.45, 7) is 7.35. The van der Waals surface area contributed by atoms with Crippen LogP contribution < -0.4 is 5.32 Å². The monoisotopic (exact) mass is 296 g/mol. The minimum atomic E-state index is -0.201. The molecule has 0 aliphatic carbocycles. The van der Waals surface area contributed by atoms with Gasteiger partial charge in [-0.2, -0.15) is 10.4 Å². The van der Waals surface area contributed by atoms with Gasteiger partial charge in [-0.05, 0) is 36.6 Å². The van der Waals surface area contributed by atoms with E-state index in [2.05, 4.69) is 30.3 Å².